The first-order valence-corrected chi connectivity index (χ1v) is 14.9. The average Bonchev–Trinajstić information content (AvgIpc) is 3.55. The van der Waals surface area contributed by atoms with Crippen molar-refractivity contribution in [3.63, 3.8) is 0 Å². The standard InChI is InChI=1S/C34H38N4O3S/c1-23(35)25-15-10-16-27(20-25)33(40)38(4)31(21-26-14-8-9-18-29(26)24-12-6-5-7-13-24)34(41)37(3)30(32(39)36-2)22-28-17-11-19-42-28/h5-20,23,30-31H,21-22,35H2,1-4H3,(H,36,39)/t23?,30-,31-/m1/s1. The van der Waals surface area contributed by atoms with E-state index >= 15 is 0 Å². The van der Waals surface area contributed by atoms with E-state index in [2.05, 4.69) is 5.32 Å². The Morgan fingerprint density at radius 2 is 1.55 bits per heavy atom. The van der Waals surface area contributed by atoms with Gasteiger partial charge in [0.05, 0.1) is 0 Å². The van der Waals surface area contributed by atoms with Gasteiger partial charge in [0.1, 0.15) is 12.1 Å². The van der Waals surface area contributed by atoms with Gasteiger partial charge in [-0.1, -0.05) is 72.8 Å². The van der Waals surface area contributed by atoms with E-state index in [0.29, 0.717) is 12.0 Å². The molecule has 3 N–H and O–H groups in total. The normalized spacial score (nSPS) is 13.1. The second-order valence-corrected chi connectivity index (χ2v) is 11.5. The number of hydrogen-bond acceptors (Lipinski definition) is 5. The lowest BCUT2D eigenvalue weighted by Crippen LogP contribution is -2.55. The molecule has 0 saturated heterocycles. The van der Waals surface area contributed by atoms with Gasteiger partial charge in [-0.15, -0.1) is 11.3 Å². The van der Waals surface area contributed by atoms with Crippen LogP contribution >= 0.6 is 11.3 Å². The fourth-order valence-electron chi connectivity index (χ4n) is 5.08. The second kappa shape index (κ2) is 14.1. The van der Waals surface area contributed by atoms with Gasteiger partial charge in [-0.3, -0.25) is 14.4 Å². The Kier molecular flexibility index (Phi) is 10.3. The lowest BCUT2D eigenvalue weighted by atomic mass is 9.93. The van der Waals surface area contributed by atoms with Crippen LogP contribution in [0.5, 0.6) is 0 Å². The number of hydrogen-bond donors (Lipinski definition) is 2. The maximum Gasteiger partial charge on any atom is 0.254 e. The molecule has 0 saturated carbocycles. The predicted octanol–water partition coefficient (Wildman–Crippen LogP) is 4.93. The fraction of sp³-hybridized carbons (Fsp3) is 0.265. The summed E-state index contributed by atoms with van der Waals surface area (Å²) in [6.07, 6.45) is 0.643. The number of likely N-dealkylation sites (N-methyl/N-ethyl adjacent to an activating group) is 3. The van der Waals surface area contributed by atoms with Crippen LogP contribution in [0.1, 0.15) is 39.3 Å². The lowest BCUT2D eigenvalue weighted by molar-refractivity contribution is -0.142. The zero-order valence-electron chi connectivity index (χ0n) is 24.5. The smallest absolute Gasteiger partial charge is 0.254 e. The molecule has 4 aromatic rings. The van der Waals surface area contributed by atoms with Gasteiger partial charge in [0.2, 0.25) is 11.8 Å². The van der Waals surface area contributed by atoms with E-state index in [1.165, 1.54) is 21.1 Å². The molecule has 0 spiro atoms. The van der Waals surface area contributed by atoms with E-state index in [-0.39, 0.29) is 30.2 Å². The van der Waals surface area contributed by atoms with Gasteiger partial charge in [-0.2, -0.15) is 0 Å². The van der Waals surface area contributed by atoms with Crippen molar-refractivity contribution >= 4 is 29.1 Å². The first-order chi connectivity index (χ1) is 20.2. The fourth-order valence-corrected chi connectivity index (χ4v) is 5.82. The van der Waals surface area contributed by atoms with Gasteiger partial charge in [-0.25, -0.2) is 0 Å². The molecular formula is C34H38N4O3S. The van der Waals surface area contributed by atoms with Gasteiger partial charge >= 0.3 is 0 Å². The Bertz CT molecular complexity index is 1500. The third kappa shape index (κ3) is 7.13. The molecule has 0 aliphatic carbocycles. The van der Waals surface area contributed by atoms with Gasteiger partial charge in [0.15, 0.2) is 0 Å². The molecule has 8 heteroatoms. The SMILES string of the molecule is CNC(=O)[C@@H](Cc1cccs1)N(C)C(=O)[C@@H](Cc1ccccc1-c1ccccc1)N(C)C(=O)c1cccc(C(C)N)c1. The Balaban J connectivity index is 1.73. The molecule has 0 radical (unpaired) electrons. The summed E-state index contributed by atoms with van der Waals surface area (Å²) >= 11 is 1.54. The summed E-state index contributed by atoms with van der Waals surface area (Å²) < 4.78 is 0. The highest BCUT2D eigenvalue weighted by atomic mass is 32.1. The zero-order valence-corrected chi connectivity index (χ0v) is 25.3. The summed E-state index contributed by atoms with van der Waals surface area (Å²) in [6.45, 7) is 1.86. The number of rotatable bonds is 11. The summed E-state index contributed by atoms with van der Waals surface area (Å²) in [5.41, 5.74) is 10.3. The van der Waals surface area contributed by atoms with E-state index in [4.69, 9.17) is 5.73 Å². The van der Waals surface area contributed by atoms with Crippen LogP contribution in [0.15, 0.2) is 96.4 Å². The van der Waals surface area contributed by atoms with Gasteiger partial charge in [0, 0.05) is 50.5 Å². The summed E-state index contributed by atoms with van der Waals surface area (Å²) in [5, 5.41) is 4.66. The molecule has 1 heterocycles. The van der Waals surface area contributed by atoms with Crippen LogP contribution in [-0.4, -0.2) is 60.7 Å². The summed E-state index contributed by atoms with van der Waals surface area (Å²) in [6, 6.07) is 27.1. The molecule has 4 rings (SSSR count). The molecule has 0 aliphatic rings. The lowest BCUT2D eigenvalue weighted by Gasteiger charge is -2.34. The highest BCUT2D eigenvalue weighted by molar-refractivity contribution is 7.09. The minimum absolute atomic E-state index is 0.241. The highest BCUT2D eigenvalue weighted by Gasteiger charge is 2.35. The number of carbonyl (C=O) groups is 3. The topological polar surface area (TPSA) is 95.7 Å². The number of thiophene rings is 1. The van der Waals surface area contributed by atoms with Crippen molar-refractivity contribution in [2.45, 2.75) is 37.9 Å². The van der Waals surface area contributed by atoms with Crippen molar-refractivity contribution in [3.8, 4) is 11.1 Å². The largest absolute Gasteiger partial charge is 0.357 e. The Hall–Kier alpha value is -4.27. The zero-order chi connectivity index (χ0) is 30.2. The number of nitrogens with zero attached hydrogens (tertiary/aromatic N) is 2. The van der Waals surface area contributed by atoms with E-state index < -0.39 is 12.1 Å². The van der Waals surface area contributed by atoms with Crippen LogP contribution in [0.2, 0.25) is 0 Å². The van der Waals surface area contributed by atoms with E-state index in [0.717, 1.165) is 27.1 Å². The van der Waals surface area contributed by atoms with Crippen LogP contribution in [-0.2, 0) is 22.4 Å². The molecule has 1 aromatic heterocycles. The molecule has 3 atom stereocenters. The van der Waals surface area contributed by atoms with Crippen LogP contribution < -0.4 is 11.1 Å². The molecule has 1 unspecified atom stereocenters. The third-order valence-corrected chi connectivity index (χ3v) is 8.49. The number of benzene rings is 3. The van der Waals surface area contributed by atoms with Crippen molar-refractivity contribution in [1.29, 1.82) is 0 Å². The minimum atomic E-state index is -0.873. The van der Waals surface area contributed by atoms with E-state index in [1.54, 1.807) is 39.3 Å². The van der Waals surface area contributed by atoms with Gasteiger partial charge < -0.3 is 20.9 Å². The average molecular weight is 583 g/mol. The molecule has 7 nitrogen and oxygen atoms in total. The van der Waals surface area contributed by atoms with Crippen LogP contribution in [0.4, 0.5) is 0 Å². The van der Waals surface area contributed by atoms with Crippen molar-refractivity contribution in [3.05, 3.63) is 118 Å². The maximum atomic E-state index is 14.4. The van der Waals surface area contributed by atoms with Crippen molar-refractivity contribution in [2.75, 3.05) is 21.1 Å². The Labute approximate surface area is 252 Å². The molecule has 0 bridgehead atoms. The number of carbonyl (C=O) groups excluding carboxylic acids is 3. The quantitative estimate of drug-likeness (QED) is 0.262. The van der Waals surface area contributed by atoms with E-state index in [1.807, 2.05) is 85.1 Å². The predicted molar refractivity (Wildman–Crippen MR) is 169 cm³/mol. The van der Waals surface area contributed by atoms with Crippen LogP contribution in [0, 0.1) is 0 Å². The summed E-state index contributed by atoms with van der Waals surface area (Å²) in [7, 11) is 4.86. The van der Waals surface area contributed by atoms with Gasteiger partial charge in [0.25, 0.3) is 5.91 Å². The number of amides is 3. The van der Waals surface area contributed by atoms with Crippen LogP contribution in [0.3, 0.4) is 0 Å². The molecule has 3 aromatic carbocycles. The first kappa shape index (κ1) is 30.7. The molecule has 42 heavy (non-hydrogen) atoms. The third-order valence-electron chi connectivity index (χ3n) is 7.59. The van der Waals surface area contributed by atoms with Crippen LogP contribution in [0.25, 0.3) is 11.1 Å². The molecule has 0 fully saturated rings. The monoisotopic (exact) mass is 582 g/mol. The summed E-state index contributed by atoms with van der Waals surface area (Å²) in [5.74, 6) is -0.875. The minimum Gasteiger partial charge on any atom is -0.357 e. The molecule has 3 amide bonds. The van der Waals surface area contributed by atoms with Crippen molar-refractivity contribution < 1.29 is 14.4 Å². The Morgan fingerprint density at radius 3 is 2.21 bits per heavy atom. The van der Waals surface area contributed by atoms with Crippen molar-refractivity contribution in [2.24, 2.45) is 5.73 Å². The molecular weight excluding hydrogens is 544 g/mol. The molecule has 0 aliphatic heterocycles. The maximum absolute atomic E-state index is 14.4. The number of nitrogens with two attached hydrogens (primary N) is 1. The highest BCUT2D eigenvalue weighted by Crippen LogP contribution is 2.27. The summed E-state index contributed by atoms with van der Waals surface area (Å²) in [4.78, 5) is 45.3. The first-order valence-electron chi connectivity index (χ1n) is 14.0. The van der Waals surface area contributed by atoms with E-state index in [9.17, 15) is 14.4 Å². The van der Waals surface area contributed by atoms with Crippen molar-refractivity contribution in [1.82, 2.24) is 15.1 Å². The second-order valence-electron chi connectivity index (χ2n) is 10.4. The van der Waals surface area contributed by atoms with Gasteiger partial charge in [-0.05, 0) is 52.8 Å². The Morgan fingerprint density at radius 1 is 0.833 bits per heavy atom. The molecule has 218 valence electrons. The number of nitrogens with one attached hydrogen (secondary N) is 1.